The van der Waals surface area contributed by atoms with Crippen LogP contribution in [0, 0.1) is 11.7 Å². The molecule has 2 aliphatic carbocycles. The Morgan fingerprint density at radius 1 is 1.29 bits per heavy atom. The van der Waals surface area contributed by atoms with Gasteiger partial charge in [0.05, 0.1) is 5.60 Å². The van der Waals surface area contributed by atoms with Gasteiger partial charge in [0.25, 0.3) is 0 Å². The fourth-order valence-corrected chi connectivity index (χ4v) is 3.92. The molecule has 2 N–H and O–H groups in total. The number of rotatable bonds is 4. The van der Waals surface area contributed by atoms with E-state index in [0.717, 1.165) is 38.6 Å². The second kappa shape index (κ2) is 6.05. The van der Waals surface area contributed by atoms with Crippen molar-refractivity contribution in [1.82, 2.24) is 5.32 Å². The minimum atomic E-state index is -0.501. The number of hydrogen-bond acceptors (Lipinski definition) is 2. The molecule has 0 aromatic heterocycles. The molecule has 0 spiro atoms. The Hall–Kier alpha value is -0.930. The van der Waals surface area contributed by atoms with Crippen molar-refractivity contribution in [2.45, 2.75) is 63.0 Å². The number of nitrogens with one attached hydrogen (secondary N) is 1. The Morgan fingerprint density at radius 3 is 2.67 bits per heavy atom. The minimum Gasteiger partial charge on any atom is -0.389 e. The van der Waals surface area contributed by atoms with Crippen LogP contribution in [0.15, 0.2) is 24.3 Å². The molecule has 2 saturated carbocycles. The molecule has 0 radical (unpaired) electrons. The lowest BCUT2D eigenvalue weighted by Crippen LogP contribution is -2.50. The van der Waals surface area contributed by atoms with Gasteiger partial charge in [-0.3, -0.25) is 0 Å². The Labute approximate surface area is 126 Å². The molecule has 0 amide bonds. The van der Waals surface area contributed by atoms with Gasteiger partial charge < -0.3 is 10.4 Å². The zero-order valence-electron chi connectivity index (χ0n) is 12.8. The fraction of sp³-hybridized carbons (Fsp3) is 0.667. The van der Waals surface area contributed by atoms with Gasteiger partial charge in [0.15, 0.2) is 0 Å². The van der Waals surface area contributed by atoms with Crippen LogP contribution in [0.3, 0.4) is 0 Å². The summed E-state index contributed by atoms with van der Waals surface area (Å²) in [5, 5.41) is 14.2. The lowest BCUT2D eigenvalue weighted by molar-refractivity contribution is -0.0162. The van der Waals surface area contributed by atoms with Crippen LogP contribution in [0.4, 0.5) is 4.39 Å². The molecule has 2 aliphatic rings. The van der Waals surface area contributed by atoms with Crippen molar-refractivity contribution in [3.8, 4) is 0 Å². The summed E-state index contributed by atoms with van der Waals surface area (Å²) in [7, 11) is 0. The van der Waals surface area contributed by atoms with Crippen LogP contribution in [-0.4, -0.2) is 23.3 Å². The summed E-state index contributed by atoms with van der Waals surface area (Å²) in [6.45, 7) is 2.95. The molecule has 3 heteroatoms. The maximum Gasteiger partial charge on any atom is 0.123 e. The summed E-state index contributed by atoms with van der Waals surface area (Å²) in [6.07, 6.45) is 6.43. The lowest BCUT2D eigenvalue weighted by atomic mass is 9.74. The molecule has 2 nitrogen and oxygen atoms in total. The Morgan fingerprint density at radius 2 is 2.00 bits per heavy atom. The second-order valence-corrected chi connectivity index (χ2v) is 7.22. The van der Waals surface area contributed by atoms with Gasteiger partial charge in [-0.2, -0.15) is 0 Å². The smallest absolute Gasteiger partial charge is 0.123 e. The van der Waals surface area contributed by atoms with Crippen molar-refractivity contribution in [3.63, 3.8) is 0 Å². The molecule has 0 bridgehead atoms. The van der Waals surface area contributed by atoms with E-state index in [1.807, 2.05) is 12.1 Å². The molecule has 21 heavy (non-hydrogen) atoms. The van der Waals surface area contributed by atoms with E-state index < -0.39 is 5.60 Å². The first-order valence-electron chi connectivity index (χ1n) is 8.25. The SMILES string of the molecule is CC1CCCC(O)(CNC2CC(c3ccc(F)cc3)C2)C1. The topological polar surface area (TPSA) is 32.3 Å². The maximum atomic E-state index is 12.9. The van der Waals surface area contributed by atoms with Gasteiger partial charge in [0.2, 0.25) is 0 Å². The molecule has 0 heterocycles. The van der Waals surface area contributed by atoms with Crippen molar-refractivity contribution < 1.29 is 9.50 Å². The summed E-state index contributed by atoms with van der Waals surface area (Å²) in [4.78, 5) is 0. The van der Waals surface area contributed by atoms with Crippen LogP contribution in [0.25, 0.3) is 0 Å². The number of hydrogen-bond donors (Lipinski definition) is 2. The third-order valence-electron chi connectivity index (χ3n) is 5.27. The zero-order chi connectivity index (χ0) is 14.9. The minimum absolute atomic E-state index is 0.165. The van der Waals surface area contributed by atoms with E-state index in [0.29, 0.717) is 17.9 Å². The third kappa shape index (κ3) is 3.64. The standard InChI is InChI=1S/C18H26FNO/c1-13-3-2-8-18(21,11-13)12-20-17-9-15(10-17)14-4-6-16(19)7-5-14/h4-7,13,15,17,20-21H,2-3,8-12H2,1H3. The van der Waals surface area contributed by atoms with Crippen molar-refractivity contribution >= 4 is 0 Å². The van der Waals surface area contributed by atoms with E-state index in [9.17, 15) is 9.50 Å². The van der Waals surface area contributed by atoms with Crippen LogP contribution < -0.4 is 5.32 Å². The lowest BCUT2D eigenvalue weighted by Gasteiger charge is -2.41. The average Bonchev–Trinajstić information content (AvgIpc) is 2.38. The van der Waals surface area contributed by atoms with E-state index in [1.165, 1.54) is 12.0 Å². The van der Waals surface area contributed by atoms with Gasteiger partial charge in [-0.15, -0.1) is 0 Å². The first-order valence-corrected chi connectivity index (χ1v) is 8.25. The van der Waals surface area contributed by atoms with E-state index in [-0.39, 0.29) is 5.82 Å². The quantitative estimate of drug-likeness (QED) is 0.888. The third-order valence-corrected chi connectivity index (χ3v) is 5.27. The Bertz CT molecular complexity index is 469. The van der Waals surface area contributed by atoms with E-state index >= 15 is 0 Å². The maximum absolute atomic E-state index is 12.9. The van der Waals surface area contributed by atoms with E-state index in [1.54, 1.807) is 12.1 Å². The average molecular weight is 291 g/mol. The summed E-state index contributed by atoms with van der Waals surface area (Å²) >= 11 is 0. The van der Waals surface area contributed by atoms with E-state index in [2.05, 4.69) is 12.2 Å². The number of benzene rings is 1. The fourth-order valence-electron chi connectivity index (χ4n) is 3.92. The molecule has 0 saturated heterocycles. The van der Waals surface area contributed by atoms with Crippen LogP contribution in [-0.2, 0) is 0 Å². The summed E-state index contributed by atoms with van der Waals surface area (Å²) in [6, 6.07) is 7.38. The highest BCUT2D eigenvalue weighted by Crippen LogP contribution is 2.38. The summed E-state index contributed by atoms with van der Waals surface area (Å²) < 4.78 is 12.9. The van der Waals surface area contributed by atoms with Crippen molar-refractivity contribution in [2.24, 2.45) is 5.92 Å². The first kappa shape index (κ1) is 15.0. The van der Waals surface area contributed by atoms with Crippen LogP contribution in [0.1, 0.15) is 56.9 Å². The number of aliphatic hydroxyl groups is 1. The monoisotopic (exact) mass is 291 g/mol. The van der Waals surface area contributed by atoms with Gasteiger partial charge in [0.1, 0.15) is 5.82 Å². The summed E-state index contributed by atoms with van der Waals surface area (Å²) in [5.74, 6) is 1.02. The predicted molar refractivity (Wildman–Crippen MR) is 82.7 cm³/mol. The molecule has 0 aliphatic heterocycles. The van der Waals surface area contributed by atoms with Crippen LogP contribution in [0.5, 0.6) is 0 Å². The van der Waals surface area contributed by atoms with Crippen molar-refractivity contribution in [3.05, 3.63) is 35.6 Å². The first-order chi connectivity index (χ1) is 10.0. The van der Waals surface area contributed by atoms with Crippen LogP contribution >= 0.6 is 0 Å². The molecule has 116 valence electrons. The Balaban J connectivity index is 1.43. The Kier molecular flexibility index (Phi) is 4.32. The predicted octanol–water partition coefficient (Wildman–Crippen LogP) is 3.60. The highest BCUT2D eigenvalue weighted by atomic mass is 19.1. The summed E-state index contributed by atoms with van der Waals surface area (Å²) in [5.41, 5.74) is 0.734. The molecule has 2 unspecified atom stereocenters. The highest BCUT2D eigenvalue weighted by Gasteiger charge is 2.35. The van der Waals surface area contributed by atoms with Gasteiger partial charge in [-0.05, 0) is 55.2 Å². The largest absolute Gasteiger partial charge is 0.389 e. The van der Waals surface area contributed by atoms with Crippen LogP contribution in [0.2, 0.25) is 0 Å². The molecular formula is C18H26FNO. The van der Waals surface area contributed by atoms with Gasteiger partial charge in [-0.1, -0.05) is 31.9 Å². The highest BCUT2D eigenvalue weighted by molar-refractivity contribution is 5.23. The molecular weight excluding hydrogens is 265 g/mol. The zero-order valence-corrected chi connectivity index (χ0v) is 12.8. The van der Waals surface area contributed by atoms with Gasteiger partial charge >= 0.3 is 0 Å². The van der Waals surface area contributed by atoms with E-state index in [4.69, 9.17) is 0 Å². The van der Waals surface area contributed by atoms with Gasteiger partial charge in [0, 0.05) is 12.6 Å². The van der Waals surface area contributed by atoms with Crippen molar-refractivity contribution in [1.29, 1.82) is 0 Å². The second-order valence-electron chi connectivity index (χ2n) is 7.22. The molecule has 1 aromatic rings. The molecule has 2 atom stereocenters. The van der Waals surface area contributed by atoms with Gasteiger partial charge in [-0.25, -0.2) is 4.39 Å². The number of halogens is 1. The normalized spacial score (nSPS) is 36.2. The molecule has 1 aromatic carbocycles. The molecule has 2 fully saturated rings. The van der Waals surface area contributed by atoms with Crippen molar-refractivity contribution in [2.75, 3.05) is 6.54 Å². The molecule has 3 rings (SSSR count).